The molecule has 0 aliphatic rings. The van der Waals surface area contributed by atoms with E-state index < -0.39 is 11.9 Å². The average Bonchev–Trinajstić information content (AvgIpc) is 2.94. The second kappa shape index (κ2) is 13.2. The van der Waals surface area contributed by atoms with Gasteiger partial charge in [0.05, 0.1) is 18.4 Å². The molecule has 0 spiro atoms. The molecule has 4 aromatic rings. The van der Waals surface area contributed by atoms with Gasteiger partial charge in [0, 0.05) is 10.0 Å². The van der Waals surface area contributed by atoms with Gasteiger partial charge in [-0.15, -0.1) is 0 Å². The number of halogens is 1. The molecule has 0 aliphatic heterocycles. The molecule has 0 radical (unpaired) electrons. The molecular weight excluding hydrogens is 548 g/mol. The molecule has 0 heterocycles. The zero-order chi connectivity index (χ0) is 26.7. The van der Waals surface area contributed by atoms with Crippen molar-refractivity contribution in [1.82, 2.24) is 5.43 Å². The fourth-order valence-corrected chi connectivity index (χ4v) is 3.83. The lowest BCUT2D eigenvalue weighted by Gasteiger charge is -2.09. The first kappa shape index (κ1) is 26.6. The highest BCUT2D eigenvalue weighted by Crippen LogP contribution is 2.24. The van der Waals surface area contributed by atoms with Gasteiger partial charge in [0.15, 0.2) is 6.61 Å². The van der Waals surface area contributed by atoms with Crippen LogP contribution in [0, 0.1) is 0 Å². The van der Waals surface area contributed by atoms with Crippen LogP contribution in [0.1, 0.15) is 22.8 Å². The van der Waals surface area contributed by atoms with Crippen LogP contribution in [-0.4, -0.2) is 31.3 Å². The number of hydrogen-bond donors (Lipinski definition) is 1. The monoisotopic (exact) mass is 572 g/mol. The van der Waals surface area contributed by atoms with Crippen molar-refractivity contribution in [1.29, 1.82) is 0 Å². The van der Waals surface area contributed by atoms with E-state index in [9.17, 15) is 9.59 Å². The molecule has 38 heavy (non-hydrogen) atoms. The molecule has 0 aromatic heterocycles. The molecule has 4 rings (SSSR count). The Labute approximate surface area is 229 Å². The number of hydrogen-bond acceptors (Lipinski definition) is 6. The Bertz CT molecular complexity index is 1410. The molecule has 8 heteroatoms. The standard InChI is InChI=1S/C30H25BrN2O5/c1-2-36-26-15-10-23(11-16-26)30(35)38-28-17-12-25(31)18-24(28)19-32-33-29(34)20-37-27-13-8-22(9-14-27)21-6-4-3-5-7-21/h3-19H,2,20H2,1H3,(H,33,34). The van der Waals surface area contributed by atoms with Crippen molar-refractivity contribution in [3.05, 3.63) is 113 Å². The summed E-state index contributed by atoms with van der Waals surface area (Å²) in [5.74, 6) is 0.570. The Morgan fingerprint density at radius 1 is 0.842 bits per heavy atom. The van der Waals surface area contributed by atoms with Gasteiger partial charge in [-0.2, -0.15) is 5.10 Å². The van der Waals surface area contributed by atoms with Gasteiger partial charge in [-0.25, -0.2) is 10.2 Å². The number of carbonyl (C=O) groups is 2. The quantitative estimate of drug-likeness (QED) is 0.105. The van der Waals surface area contributed by atoms with Crippen molar-refractivity contribution in [3.63, 3.8) is 0 Å². The molecule has 0 saturated heterocycles. The fraction of sp³-hybridized carbons (Fsp3) is 0.100. The zero-order valence-electron chi connectivity index (χ0n) is 20.6. The number of nitrogens with one attached hydrogen (secondary N) is 1. The van der Waals surface area contributed by atoms with Crippen LogP contribution >= 0.6 is 15.9 Å². The highest BCUT2D eigenvalue weighted by Gasteiger charge is 2.12. The lowest BCUT2D eigenvalue weighted by atomic mass is 10.1. The number of hydrazone groups is 1. The van der Waals surface area contributed by atoms with Crippen molar-refractivity contribution in [2.75, 3.05) is 13.2 Å². The Balaban J connectivity index is 1.32. The summed E-state index contributed by atoms with van der Waals surface area (Å²) in [6.07, 6.45) is 1.40. The van der Waals surface area contributed by atoms with Crippen LogP contribution in [0.25, 0.3) is 11.1 Å². The summed E-state index contributed by atoms with van der Waals surface area (Å²) in [6.45, 7) is 2.22. The van der Waals surface area contributed by atoms with E-state index in [1.54, 1.807) is 42.5 Å². The third kappa shape index (κ3) is 7.54. The van der Waals surface area contributed by atoms with Gasteiger partial charge < -0.3 is 14.2 Å². The van der Waals surface area contributed by atoms with E-state index in [1.807, 2.05) is 61.5 Å². The minimum Gasteiger partial charge on any atom is -0.494 e. The molecule has 1 N–H and O–H groups in total. The fourth-order valence-electron chi connectivity index (χ4n) is 3.46. The number of amides is 1. The average molecular weight is 573 g/mol. The van der Waals surface area contributed by atoms with Crippen LogP contribution in [0.3, 0.4) is 0 Å². The highest BCUT2D eigenvalue weighted by molar-refractivity contribution is 9.10. The van der Waals surface area contributed by atoms with Gasteiger partial charge in [-0.1, -0.05) is 58.4 Å². The normalized spacial score (nSPS) is 10.7. The number of nitrogens with zero attached hydrogens (tertiary/aromatic N) is 1. The summed E-state index contributed by atoms with van der Waals surface area (Å²) in [5, 5.41) is 3.99. The van der Waals surface area contributed by atoms with Crippen LogP contribution in [0.4, 0.5) is 0 Å². The predicted octanol–water partition coefficient (Wildman–Crippen LogP) is 6.26. The molecule has 0 unspecified atom stereocenters. The van der Waals surface area contributed by atoms with E-state index in [-0.39, 0.29) is 6.61 Å². The Morgan fingerprint density at radius 3 is 2.21 bits per heavy atom. The molecule has 0 atom stereocenters. The van der Waals surface area contributed by atoms with E-state index >= 15 is 0 Å². The first-order valence-corrected chi connectivity index (χ1v) is 12.7. The lowest BCUT2D eigenvalue weighted by Crippen LogP contribution is -2.24. The van der Waals surface area contributed by atoms with E-state index in [0.29, 0.717) is 35.0 Å². The molecule has 0 saturated carbocycles. The maximum Gasteiger partial charge on any atom is 0.343 e. The summed E-state index contributed by atoms with van der Waals surface area (Å²) in [6, 6.07) is 29.3. The largest absolute Gasteiger partial charge is 0.494 e. The van der Waals surface area contributed by atoms with E-state index in [2.05, 4.69) is 26.5 Å². The van der Waals surface area contributed by atoms with Crippen molar-refractivity contribution in [2.45, 2.75) is 6.92 Å². The Morgan fingerprint density at radius 2 is 1.50 bits per heavy atom. The summed E-state index contributed by atoms with van der Waals surface area (Å²) in [5.41, 5.74) is 5.45. The summed E-state index contributed by atoms with van der Waals surface area (Å²) < 4.78 is 17.3. The van der Waals surface area contributed by atoms with E-state index in [0.717, 1.165) is 15.6 Å². The minimum atomic E-state index is -0.527. The Hall–Kier alpha value is -4.43. The van der Waals surface area contributed by atoms with Crippen molar-refractivity contribution < 1.29 is 23.8 Å². The molecular formula is C30H25BrN2O5. The number of carbonyl (C=O) groups excluding carboxylic acids is 2. The van der Waals surface area contributed by atoms with Crippen LogP contribution in [-0.2, 0) is 4.79 Å². The smallest absolute Gasteiger partial charge is 0.343 e. The van der Waals surface area contributed by atoms with Gasteiger partial charge in [0.25, 0.3) is 5.91 Å². The molecule has 1 amide bonds. The third-order valence-corrected chi connectivity index (χ3v) is 5.79. The maximum absolute atomic E-state index is 12.6. The van der Waals surface area contributed by atoms with Crippen molar-refractivity contribution in [3.8, 4) is 28.4 Å². The van der Waals surface area contributed by atoms with Gasteiger partial charge in [-0.3, -0.25) is 4.79 Å². The van der Waals surface area contributed by atoms with Gasteiger partial charge in [0.1, 0.15) is 17.2 Å². The minimum absolute atomic E-state index is 0.208. The summed E-state index contributed by atoms with van der Waals surface area (Å²) in [4.78, 5) is 24.8. The third-order valence-electron chi connectivity index (χ3n) is 5.30. The highest BCUT2D eigenvalue weighted by atomic mass is 79.9. The first-order valence-electron chi connectivity index (χ1n) is 11.9. The van der Waals surface area contributed by atoms with Crippen LogP contribution < -0.4 is 19.6 Å². The summed E-state index contributed by atoms with van der Waals surface area (Å²) in [7, 11) is 0. The number of ether oxygens (including phenoxy) is 3. The molecule has 4 aromatic carbocycles. The van der Waals surface area contributed by atoms with Crippen LogP contribution in [0.5, 0.6) is 17.2 Å². The number of benzene rings is 4. The van der Waals surface area contributed by atoms with Gasteiger partial charge >= 0.3 is 5.97 Å². The van der Waals surface area contributed by atoms with Gasteiger partial charge in [-0.05, 0) is 72.6 Å². The number of rotatable bonds is 10. The van der Waals surface area contributed by atoms with Crippen LogP contribution in [0.15, 0.2) is 107 Å². The lowest BCUT2D eigenvalue weighted by molar-refractivity contribution is -0.123. The first-order chi connectivity index (χ1) is 18.5. The molecule has 0 aliphatic carbocycles. The zero-order valence-corrected chi connectivity index (χ0v) is 22.2. The van der Waals surface area contributed by atoms with E-state index in [1.165, 1.54) is 6.21 Å². The van der Waals surface area contributed by atoms with Crippen molar-refractivity contribution in [2.24, 2.45) is 5.10 Å². The maximum atomic E-state index is 12.6. The second-order valence-corrected chi connectivity index (χ2v) is 8.92. The molecule has 0 bridgehead atoms. The predicted molar refractivity (Wildman–Crippen MR) is 150 cm³/mol. The molecule has 192 valence electrons. The van der Waals surface area contributed by atoms with E-state index in [4.69, 9.17) is 14.2 Å². The molecule has 0 fully saturated rings. The SMILES string of the molecule is CCOc1ccc(C(=O)Oc2ccc(Br)cc2C=NNC(=O)COc2ccc(-c3ccccc3)cc2)cc1. The topological polar surface area (TPSA) is 86.2 Å². The second-order valence-electron chi connectivity index (χ2n) is 8.00. The summed E-state index contributed by atoms with van der Waals surface area (Å²) >= 11 is 3.40. The number of esters is 1. The van der Waals surface area contributed by atoms with Crippen molar-refractivity contribution >= 4 is 34.0 Å². The molecule has 7 nitrogen and oxygen atoms in total. The Kier molecular flexibility index (Phi) is 9.26. The van der Waals surface area contributed by atoms with Gasteiger partial charge in [0.2, 0.25) is 0 Å². The van der Waals surface area contributed by atoms with Crippen LogP contribution in [0.2, 0.25) is 0 Å².